The summed E-state index contributed by atoms with van der Waals surface area (Å²) < 4.78 is 1.79. The van der Waals surface area contributed by atoms with Gasteiger partial charge in [-0.2, -0.15) is 0 Å². The maximum Gasteiger partial charge on any atom is 0.117 e. The molecule has 3 aromatic rings. The highest BCUT2D eigenvalue weighted by molar-refractivity contribution is 5.64. The molecule has 23 heavy (non-hydrogen) atoms. The minimum atomic E-state index is -0.135. The maximum atomic E-state index is 9.57. The number of benzene rings is 2. The molecular weight excluding hydrogens is 286 g/mol. The molecule has 0 bridgehead atoms. The van der Waals surface area contributed by atoms with E-state index in [-0.39, 0.29) is 12.0 Å². The van der Waals surface area contributed by atoms with Gasteiger partial charge < -0.3 is 5.11 Å². The van der Waals surface area contributed by atoms with Gasteiger partial charge in [0.2, 0.25) is 0 Å². The molecule has 0 aliphatic rings. The van der Waals surface area contributed by atoms with Crippen molar-refractivity contribution in [2.24, 2.45) is 0 Å². The summed E-state index contributed by atoms with van der Waals surface area (Å²) in [4.78, 5) is 0. The second-order valence-electron chi connectivity index (χ2n) is 6.62. The fourth-order valence-electron chi connectivity index (χ4n) is 2.59. The molecule has 0 saturated heterocycles. The van der Waals surface area contributed by atoms with E-state index in [0.29, 0.717) is 5.69 Å². The number of aliphatic hydroxyl groups is 1. The van der Waals surface area contributed by atoms with Gasteiger partial charge in [0.1, 0.15) is 11.4 Å². The van der Waals surface area contributed by atoms with Gasteiger partial charge in [-0.15, -0.1) is 5.10 Å². The molecule has 0 spiro atoms. The molecule has 0 aliphatic carbocycles. The van der Waals surface area contributed by atoms with Crippen LogP contribution in [0.1, 0.15) is 32.0 Å². The zero-order valence-electron chi connectivity index (χ0n) is 13.7. The summed E-state index contributed by atoms with van der Waals surface area (Å²) in [6, 6.07) is 18.2. The van der Waals surface area contributed by atoms with Gasteiger partial charge in [-0.3, -0.25) is 0 Å². The average Bonchev–Trinajstić information content (AvgIpc) is 2.99. The van der Waals surface area contributed by atoms with Gasteiger partial charge in [0.25, 0.3) is 0 Å². The van der Waals surface area contributed by atoms with Crippen molar-refractivity contribution < 1.29 is 5.11 Å². The van der Waals surface area contributed by atoms with Crippen molar-refractivity contribution in [1.82, 2.24) is 15.0 Å². The molecule has 0 aliphatic heterocycles. The summed E-state index contributed by atoms with van der Waals surface area (Å²) in [6.07, 6.45) is 0. The van der Waals surface area contributed by atoms with E-state index >= 15 is 0 Å². The van der Waals surface area contributed by atoms with Crippen molar-refractivity contribution in [3.05, 3.63) is 65.9 Å². The third-order valence-corrected chi connectivity index (χ3v) is 3.91. The van der Waals surface area contributed by atoms with Crippen LogP contribution < -0.4 is 0 Å². The Bertz CT molecular complexity index is 784. The zero-order valence-corrected chi connectivity index (χ0v) is 13.7. The standard InChI is InChI=1S/C19H21N3O/c1-19(2,3)15-9-11-16(12-10-15)22-18(17(13-23)20-21-22)14-7-5-4-6-8-14/h4-12,23H,13H2,1-3H3. The van der Waals surface area contributed by atoms with Crippen LogP contribution in [0.3, 0.4) is 0 Å². The van der Waals surface area contributed by atoms with Gasteiger partial charge in [0.05, 0.1) is 12.3 Å². The third-order valence-electron chi connectivity index (χ3n) is 3.91. The van der Waals surface area contributed by atoms with Crippen LogP contribution in [-0.2, 0) is 12.0 Å². The normalized spacial score (nSPS) is 11.7. The number of hydrogen-bond acceptors (Lipinski definition) is 3. The van der Waals surface area contributed by atoms with Crippen molar-refractivity contribution in [2.75, 3.05) is 0 Å². The summed E-state index contributed by atoms with van der Waals surface area (Å²) in [7, 11) is 0. The lowest BCUT2D eigenvalue weighted by Gasteiger charge is -2.19. The SMILES string of the molecule is CC(C)(C)c1ccc(-n2nnc(CO)c2-c2ccccc2)cc1. The molecule has 4 heteroatoms. The fraction of sp³-hybridized carbons (Fsp3) is 0.263. The molecule has 4 nitrogen and oxygen atoms in total. The Balaban J connectivity index is 2.09. The van der Waals surface area contributed by atoms with Crippen molar-refractivity contribution in [3.63, 3.8) is 0 Å². The first kappa shape index (κ1) is 15.4. The van der Waals surface area contributed by atoms with E-state index in [1.165, 1.54) is 5.56 Å². The van der Waals surface area contributed by atoms with E-state index in [1.807, 2.05) is 42.5 Å². The smallest absolute Gasteiger partial charge is 0.117 e. The Kier molecular flexibility index (Phi) is 4.01. The van der Waals surface area contributed by atoms with Gasteiger partial charge in [-0.1, -0.05) is 68.4 Å². The lowest BCUT2D eigenvalue weighted by atomic mass is 9.87. The van der Waals surface area contributed by atoms with Crippen LogP contribution in [0.4, 0.5) is 0 Å². The Morgan fingerprint density at radius 2 is 1.61 bits per heavy atom. The van der Waals surface area contributed by atoms with Crippen molar-refractivity contribution >= 4 is 0 Å². The topological polar surface area (TPSA) is 50.9 Å². The highest BCUT2D eigenvalue weighted by Gasteiger charge is 2.17. The van der Waals surface area contributed by atoms with Gasteiger partial charge in [0, 0.05) is 5.56 Å². The molecule has 0 atom stereocenters. The first-order valence-electron chi connectivity index (χ1n) is 7.72. The van der Waals surface area contributed by atoms with Gasteiger partial charge >= 0.3 is 0 Å². The minimum absolute atomic E-state index is 0.111. The maximum absolute atomic E-state index is 9.57. The third kappa shape index (κ3) is 3.03. The number of hydrogen-bond donors (Lipinski definition) is 1. The van der Waals surface area contributed by atoms with Crippen LogP contribution >= 0.6 is 0 Å². The Labute approximate surface area is 136 Å². The monoisotopic (exact) mass is 307 g/mol. The van der Waals surface area contributed by atoms with Crippen LogP contribution in [0.2, 0.25) is 0 Å². The molecule has 0 saturated carbocycles. The minimum Gasteiger partial charge on any atom is -0.390 e. The summed E-state index contributed by atoms with van der Waals surface area (Å²) in [6.45, 7) is 6.44. The molecule has 1 N–H and O–H groups in total. The lowest BCUT2D eigenvalue weighted by Crippen LogP contribution is -2.11. The van der Waals surface area contributed by atoms with Gasteiger partial charge in [-0.05, 0) is 23.1 Å². The molecule has 1 heterocycles. The van der Waals surface area contributed by atoms with E-state index in [9.17, 15) is 5.11 Å². The number of rotatable bonds is 3. The van der Waals surface area contributed by atoms with Gasteiger partial charge in [-0.25, -0.2) is 4.68 Å². The summed E-state index contributed by atoms with van der Waals surface area (Å²) in [5, 5.41) is 17.9. The molecule has 2 aromatic carbocycles. The van der Waals surface area contributed by atoms with Crippen LogP contribution in [0.25, 0.3) is 16.9 Å². The Hall–Kier alpha value is -2.46. The van der Waals surface area contributed by atoms with Crippen LogP contribution in [0, 0.1) is 0 Å². The van der Waals surface area contributed by atoms with Crippen molar-refractivity contribution in [1.29, 1.82) is 0 Å². The molecule has 3 rings (SSSR count). The second-order valence-corrected chi connectivity index (χ2v) is 6.62. The molecule has 0 radical (unpaired) electrons. The lowest BCUT2D eigenvalue weighted by molar-refractivity contribution is 0.277. The predicted octanol–water partition coefficient (Wildman–Crippen LogP) is 3.72. The molecule has 0 fully saturated rings. The summed E-state index contributed by atoms with van der Waals surface area (Å²) >= 11 is 0. The van der Waals surface area contributed by atoms with E-state index in [4.69, 9.17) is 0 Å². The predicted molar refractivity (Wildman–Crippen MR) is 91.4 cm³/mol. The number of aliphatic hydroxyl groups excluding tert-OH is 1. The first-order chi connectivity index (χ1) is 11.0. The van der Waals surface area contributed by atoms with Crippen LogP contribution in [0.5, 0.6) is 0 Å². The second kappa shape index (κ2) is 5.97. The Morgan fingerprint density at radius 1 is 0.957 bits per heavy atom. The van der Waals surface area contributed by atoms with Crippen molar-refractivity contribution in [3.8, 4) is 16.9 Å². The van der Waals surface area contributed by atoms with E-state index in [0.717, 1.165) is 16.9 Å². The van der Waals surface area contributed by atoms with E-state index < -0.39 is 0 Å². The molecule has 1 aromatic heterocycles. The molecule has 118 valence electrons. The quantitative estimate of drug-likeness (QED) is 0.802. The largest absolute Gasteiger partial charge is 0.390 e. The first-order valence-corrected chi connectivity index (χ1v) is 7.72. The van der Waals surface area contributed by atoms with Gasteiger partial charge in [0.15, 0.2) is 0 Å². The summed E-state index contributed by atoms with van der Waals surface area (Å²) in [5.41, 5.74) is 4.71. The van der Waals surface area contributed by atoms with Crippen molar-refractivity contribution in [2.45, 2.75) is 32.8 Å². The molecule has 0 unspecified atom stereocenters. The average molecular weight is 307 g/mol. The fourth-order valence-corrected chi connectivity index (χ4v) is 2.59. The molecule has 0 amide bonds. The van der Waals surface area contributed by atoms with Crippen LogP contribution in [0.15, 0.2) is 54.6 Å². The number of aromatic nitrogens is 3. The van der Waals surface area contributed by atoms with E-state index in [1.54, 1.807) is 4.68 Å². The highest BCUT2D eigenvalue weighted by Crippen LogP contribution is 2.27. The van der Waals surface area contributed by atoms with Crippen LogP contribution in [-0.4, -0.2) is 20.1 Å². The molecular formula is C19H21N3O. The Morgan fingerprint density at radius 3 is 2.17 bits per heavy atom. The highest BCUT2D eigenvalue weighted by atomic mass is 16.3. The summed E-state index contributed by atoms with van der Waals surface area (Å²) in [5.74, 6) is 0. The zero-order chi connectivity index (χ0) is 16.4. The van der Waals surface area contributed by atoms with E-state index in [2.05, 4.69) is 43.2 Å². The number of nitrogens with zero attached hydrogens (tertiary/aromatic N) is 3.